The van der Waals surface area contributed by atoms with Crippen LogP contribution in [0.1, 0.15) is 58.9 Å². The lowest BCUT2D eigenvalue weighted by Gasteiger charge is -2.33. The standard InChI is InChI=1S/C17H32N4/c1-15-8-5-6-10-20(15)11-7-9-18-12-16-13-19-21(14-16)17(2,3)4/h13-15,18H,5-12H2,1-4H3. The Morgan fingerprint density at radius 2 is 2.14 bits per heavy atom. The summed E-state index contributed by atoms with van der Waals surface area (Å²) in [5, 5.41) is 7.98. The minimum Gasteiger partial charge on any atom is -0.313 e. The Kier molecular flexibility index (Phi) is 5.82. The Labute approximate surface area is 129 Å². The van der Waals surface area contributed by atoms with Gasteiger partial charge in [0.05, 0.1) is 11.7 Å². The first-order chi connectivity index (χ1) is 9.97. The molecule has 1 atom stereocenters. The number of hydrogen-bond donors (Lipinski definition) is 1. The fourth-order valence-electron chi connectivity index (χ4n) is 2.95. The van der Waals surface area contributed by atoms with Crippen molar-refractivity contribution < 1.29 is 0 Å². The summed E-state index contributed by atoms with van der Waals surface area (Å²) in [4.78, 5) is 2.64. The van der Waals surface area contributed by atoms with E-state index in [0.717, 1.165) is 19.1 Å². The average Bonchev–Trinajstić information content (AvgIpc) is 2.89. The van der Waals surface area contributed by atoms with E-state index in [2.05, 4.69) is 49.2 Å². The Morgan fingerprint density at radius 3 is 2.81 bits per heavy atom. The molecule has 1 aliphatic heterocycles. The van der Waals surface area contributed by atoms with Gasteiger partial charge in [-0.25, -0.2) is 0 Å². The molecule has 1 N–H and O–H groups in total. The Balaban J connectivity index is 1.62. The monoisotopic (exact) mass is 292 g/mol. The van der Waals surface area contributed by atoms with Crippen molar-refractivity contribution in [3.05, 3.63) is 18.0 Å². The van der Waals surface area contributed by atoms with Gasteiger partial charge in [-0.05, 0) is 66.6 Å². The van der Waals surface area contributed by atoms with Crippen LogP contribution in [0.5, 0.6) is 0 Å². The van der Waals surface area contributed by atoms with Crippen molar-refractivity contribution in [2.24, 2.45) is 0 Å². The third-order valence-corrected chi connectivity index (χ3v) is 4.39. The molecular formula is C17H32N4. The first-order valence-corrected chi connectivity index (χ1v) is 8.45. The van der Waals surface area contributed by atoms with E-state index >= 15 is 0 Å². The van der Waals surface area contributed by atoms with Crippen LogP contribution in [0, 0.1) is 0 Å². The number of piperidine rings is 1. The van der Waals surface area contributed by atoms with Crippen molar-refractivity contribution in [1.29, 1.82) is 0 Å². The lowest BCUT2D eigenvalue weighted by Crippen LogP contribution is -2.38. The molecule has 120 valence electrons. The largest absolute Gasteiger partial charge is 0.313 e. The van der Waals surface area contributed by atoms with Gasteiger partial charge in [0.15, 0.2) is 0 Å². The van der Waals surface area contributed by atoms with E-state index in [1.54, 1.807) is 0 Å². The molecule has 0 aliphatic carbocycles. The highest BCUT2D eigenvalue weighted by Crippen LogP contribution is 2.16. The van der Waals surface area contributed by atoms with Crippen LogP contribution in [0.3, 0.4) is 0 Å². The summed E-state index contributed by atoms with van der Waals surface area (Å²) in [5.74, 6) is 0. The van der Waals surface area contributed by atoms with Gasteiger partial charge in [-0.2, -0.15) is 5.10 Å². The topological polar surface area (TPSA) is 33.1 Å². The van der Waals surface area contributed by atoms with Gasteiger partial charge in [0, 0.05) is 24.3 Å². The first kappa shape index (κ1) is 16.5. The molecule has 4 nitrogen and oxygen atoms in total. The fourth-order valence-corrected chi connectivity index (χ4v) is 2.95. The maximum atomic E-state index is 4.44. The summed E-state index contributed by atoms with van der Waals surface area (Å²) in [7, 11) is 0. The van der Waals surface area contributed by atoms with Gasteiger partial charge in [0.1, 0.15) is 0 Å². The van der Waals surface area contributed by atoms with Crippen molar-refractivity contribution in [1.82, 2.24) is 20.0 Å². The van der Waals surface area contributed by atoms with E-state index in [0.29, 0.717) is 0 Å². The summed E-state index contributed by atoms with van der Waals surface area (Å²) in [6.07, 6.45) is 9.53. The van der Waals surface area contributed by atoms with Crippen molar-refractivity contribution in [2.45, 2.75) is 71.5 Å². The maximum absolute atomic E-state index is 4.44. The highest BCUT2D eigenvalue weighted by Gasteiger charge is 2.17. The minimum absolute atomic E-state index is 0.0721. The molecule has 21 heavy (non-hydrogen) atoms. The summed E-state index contributed by atoms with van der Waals surface area (Å²) in [5.41, 5.74) is 1.35. The maximum Gasteiger partial charge on any atom is 0.0543 e. The molecule has 0 spiro atoms. The molecule has 2 rings (SSSR count). The van der Waals surface area contributed by atoms with Crippen LogP contribution in [0.25, 0.3) is 0 Å². The van der Waals surface area contributed by atoms with Crippen molar-refractivity contribution in [3.63, 3.8) is 0 Å². The second-order valence-corrected chi connectivity index (χ2v) is 7.38. The Bertz CT molecular complexity index is 419. The molecule has 0 radical (unpaired) electrons. The zero-order chi connectivity index (χ0) is 15.3. The van der Waals surface area contributed by atoms with Gasteiger partial charge in [0.2, 0.25) is 0 Å². The molecule has 1 aromatic heterocycles. The summed E-state index contributed by atoms with van der Waals surface area (Å²) in [6.45, 7) is 13.4. The molecule has 1 aliphatic rings. The van der Waals surface area contributed by atoms with Crippen molar-refractivity contribution in [3.8, 4) is 0 Å². The number of aromatic nitrogens is 2. The summed E-state index contributed by atoms with van der Waals surface area (Å²) >= 11 is 0. The van der Waals surface area contributed by atoms with E-state index in [1.165, 1.54) is 44.3 Å². The van der Waals surface area contributed by atoms with Gasteiger partial charge in [0.25, 0.3) is 0 Å². The molecule has 2 heterocycles. The normalized spacial score (nSPS) is 20.9. The smallest absolute Gasteiger partial charge is 0.0543 e. The average molecular weight is 292 g/mol. The summed E-state index contributed by atoms with van der Waals surface area (Å²) in [6, 6.07) is 0.781. The lowest BCUT2D eigenvalue weighted by molar-refractivity contribution is 0.159. The molecular weight excluding hydrogens is 260 g/mol. The number of likely N-dealkylation sites (tertiary alicyclic amines) is 1. The van der Waals surface area contributed by atoms with E-state index < -0.39 is 0 Å². The number of hydrogen-bond acceptors (Lipinski definition) is 3. The molecule has 0 aromatic carbocycles. The number of rotatable bonds is 6. The van der Waals surface area contributed by atoms with Crippen LogP contribution in [-0.4, -0.2) is 40.4 Å². The van der Waals surface area contributed by atoms with Crippen LogP contribution in [0.4, 0.5) is 0 Å². The van der Waals surface area contributed by atoms with Crippen LogP contribution >= 0.6 is 0 Å². The SMILES string of the molecule is CC1CCCCN1CCCNCc1cnn(C(C)(C)C)c1. The Morgan fingerprint density at radius 1 is 1.33 bits per heavy atom. The van der Waals surface area contributed by atoms with Gasteiger partial charge in [-0.1, -0.05) is 6.42 Å². The fraction of sp³-hybridized carbons (Fsp3) is 0.824. The van der Waals surface area contributed by atoms with E-state index in [1.807, 2.05) is 10.9 Å². The van der Waals surface area contributed by atoms with E-state index in [-0.39, 0.29) is 5.54 Å². The number of nitrogens with one attached hydrogen (secondary N) is 1. The quantitative estimate of drug-likeness (QED) is 0.818. The molecule has 0 bridgehead atoms. The molecule has 0 amide bonds. The Hall–Kier alpha value is -0.870. The highest BCUT2D eigenvalue weighted by molar-refractivity contribution is 5.04. The van der Waals surface area contributed by atoms with E-state index in [9.17, 15) is 0 Å². The molecule has 4 heteroatoms. The van der Waals surface area contributed by atoms with Crippen LogP contribution in [0.15, 0.2) is 12.4 Å². The van der Waals surface area contributed by atoms with Crippen LogP contribution < -0.4 is 5.32 Å². The van der Waals surface area contributed by atoms with Gasteiger partial charge in [-0.15, -0.1) is 0 Å². The number of nitrogens with zero attached hydrogens (tertiary/aromatic N) is 3. The highest BCUT2D eigenvalue weighted by atomic mass is 15.3. The van der Waals surface area contributed by atoms with Gasteiger partial charge >= 0.3 is 0 Å². The molecule has 1 aromatic rings. The third kappa shape index (κ3) is 5.11. The van der Waals surface area contributed by atoms with Crippen molar-refractivity contribution >= 4 is 0 Å². The summed E-state index contributed by atoms with van der Waals surface area (Å²) < 4.78 is 2.04. The van der Waals surface area contributed by atoms with Crippen LogP contribution in [-0.2, 0) is 12.1 Å². The minimum atomic E-state index is 0.0721. The predicted octanol–water partition coefficient (Wildman–Crippen LogP) is 2.99. The second-order valence-electron chi connectivity index (χ2n) is 7.38. The zero-order valence-electron chi connectivity index (χ0n) is 14.2. The first-order valence-electron chi connectivity index (χ1n) is 8.45. The van der Waals surface area contributed by atoms with Crippen LogP contribution in [0.2, 0.25) is 0 Å². The molecule has 1 unspecified atom stereocenters. The van der Waals surface area contributed by atoms with E-state index in [4.69, 9.17) is 0 Å². The second kappa shape index (κ2) is 7.41. The third-order valence-electron chi connectivity index (χ3n) is 4.39. The predicted molar refractivity (Wildman–Crippen MR) is 88.4 cm³/mol. The molecule has 1 saturated heterocycles. The lowest BCUT2D eigenvalue weighted by atomic mass is 10.0. The van der Waals surface area contributed by atoms with Gasteiger partial charge < -0.3 is 10.2 Å². The molecule has 0 saturated carbocycles. The zero-order valence-corrected chi connectivity index (χ0v) is 14.2. The van der Waals surface area contributed by atoms with Crippen molar-refractivity contribution in [2.75, 3.05) is 19.6 Å². The molecule has 1 fully saturated rings. The van der Waals surface area contributed by atoms with Gasteiger partial charge in [-0.3, -0.25) is 4.68 Å².